The number of aryl methyl sites for hydroxylation is 1. The Labute approximate surface area is 184 Å². The monoisotopic (exact) mass is 440 g/mol. The maximum atomic E-state index is 12.6. The van der Waals surface area contributed by atoms with E-state index in [2.05, 4.69) is 10.4 Å². The minimum Gasteiger partial charge on any atom is -0.495 e. The zero-order valence-corrected chi connectivity index (χ0v) is 17.8. The number of ether oxygens (including phenoxy) is 1. The Hall–Kier alpha value is -3.27. The number of aromatic nitrogens is 2. The zero-order chi connectivity index (χ0) is 21.7. The molecule has 152 valence electrons. The molecule has 1 N–H and O–H groups in total. The lowest BCUT2D eigenvalue weighted by atomic mass is 10.1. The lowest BCUT2D eigenvalue weighted by Crippen LogP contribution is -2.14. The number of benzene rings is 2. The van der Waals surface area contributed by atoms with Gasteiger partial charge < -0.3 is 10.1 Å². The van der Waals surface area contributed by atoms with E-state index >= 15 is 0 Å². The highest BCUT2D eigenvalue weighted by atomic mass is 35.5. The van der Waals surface area contributed by atoms with Crippen molar-refractivity contribution in [3.05, 3.63) is 81.1 Å². The third kappa shape index (κ3) is 4.65. The number of amides is 1. The maximum Gasteiger partial charge on any atom is 0.266 e. The molecule has 3 aromatic rings. The van der Waals surface area contributed by atoms with Crippen LogP contribution >= 0.6 is 23.2 Å². The van der Waals surface area contributed by atoms with Gasteiger partial charge in [0, 0.05) is 10.6 Å². The van der Waals surface area contributed by atoms with Gasteiger partial charge in [-0.25, -0.2) is 4.68 Å². The number of anilines is 1. The van der Waals surface area contributed by atoms with Crippen LogP contribution in [0.4, 0.5) is 5.69 Å². The van der Waals surface area contributed by atoms with Crippen LogP contribution in [0.3, 0.4) is 0 Å². The van der Waals surface area contributed by atoms with Gasteiger partial charge in [0.2, 0.25) is 0 Å². The van der Waals surface area contributed by atoms with Crippen molar-refractivity contribution in [2.45, 2.75) is 13.5 Å². The van der Waals surface area contributed by atoms with Gasteiger partial charge in [-0.15, -0.1) is 0 Å². The summed E-state index contributed by atoms with van der Waals surface area (Å²) in [5.41, 5.74) is 2.29. The van der Waals surface area contributed by atoms with Crippen LogP contribution in [-0.4, -0.2) is 22.8 Å². The summed E-state index contributed by atoms with van der Waals surface area (Å²) >= 11 is 12.7. The van der Waals surface area contributed by atoms with E-state index in [0.717, 1.165) is 5.56 Å². The molecule has 6 nitrogen and oxygen atoms in total. The minimum atomic E-state index is -0.573. The maximum absolute atomic E-state index is 12.6. The molecule has 0 radical (unpaired) electrons. The van der Waals surface area contributed by atoms with Crippen LogP contribution in [-0.2, 0) is 11.3 Å². The second-order valence-electron chi connectivity index (χ2n) is 6.36. The Bertz CT molecular complexity index is 1160. The average molecular weight is 441 g/mol. The summed E-state index contributed by atoms with van der Waals surface area (Å²) in [5, 5.41) is 17.5. The molecule has 0 aliphatic carbocycles. The number of carbonyl (C=O) groups excluding carboxylic acids is 1. The number of methoxy groups -OCH3 is 1. The van der Waals surface area contributed by atoms with Crippen LogP contribution in [0.25, 0.3) is 6.08 Å². The first-order valence-corrected chi connectivity index (χ1v) is 9.72. The van der Waals surface area contributed by atoms with E-state index in [-0.39, 0.29) is 5.57 Å². The molecule has 0 fully saturated rings. The van der Waals surface area contributed by atoms with Gasteiger partial charge >= 0.3 is 0 Å². The lowest BCUT2D eigenvalue weighted by Gasteiger charge is -2.09. The number of rotatable bonds is 6. The molecule has 0 atom stereocenters. The van der Waals surface area contributed by atoms with E-state index in [9.17, 15) is 10.1 Å². The second kappa shape index (κ2) is 9.49. The highest BCUT2D eigenvalue weighted by molar-refractivity contribution is 6.32. The summed E-state index contributed by atoms with van der Waals surface area (Å²) in [7, 11) is 1.50. The van der Waals surface area contributed by atoms with Gasteiger partial charge in [0.1, 0.15) is 22.5 Å². The summed E-state index contributed by atoms with van der Waals surface area (Å²) in [5.74, 6) is -0.0822. The van der Waals surface area contributed by atoms with Crippen molar-refractivity contribution in [3.63, 3.8) is 0 Å². The molecule has 8 heteroatoms. The van der Waals surface area contributed by atoms with Crippen LogP contribution in [0.1, 0.15) is 16.8 Å². The summed E-state index contributed by atoms with van der Waals surface area (Å²) in [6, 6.07) is 16.3. The van der Waals surface area contributed by atoms with Gasteiger partial charge in [0.25, 0.3) is 5.91 Å². The van der Waals surface area contributed by atoms with Crippen molar-refractivity contribution in [3.8, 4) is 11.8 Å². The topological polar surface area (TPSA) is 79.9 Å². The fourth-order valence-electron chi connectivity index (χ4n) is 2.85. The Balaban J connectivity index is 1.89. The Kier molecular flexibility index (Phi) is 6.78. The largest absolute Gasteiger partial charge is 0.495 e. The Morgan fingerprint density at radius 1 is 1.23 bits per heavy atom. The minimum absolute atomic E-state index is 0.108. The number of nitrogens with zero attached hydrogens (tertiary/aromatic N) is 3. The SMILES string of the molecule is COc1ccccc1NC(=O)/C(C#N)=C/c1c(C)nn(Cc2ccccc2Cl)c1Cl. The highest BCUT2D eigenvalue weighted by Gasteiger charge is 2.17. The summed E-state index contributed by atoms with van der Waals surface area (Å²) in [6.45, 7) is 2.12. The molecule has 2 aromatic carbocycles. The number of hydrogen-bond acceptors (Lipinski definition) is 4. The van der Waals surface area contributed by atoms with E-state index in [4.69, 9.17) is 27.9 Å². The molecule has 1 heterocycles. The van der Waals surface area contributed by atoms with E-state index in [1.165, 1.54) is 13.2 Å². The van der Waals surface area contributed by atoms with Crippen LogP contribution in [0.2, 0.25) is 10.2 Å². The van der Waals surface area contributed by atoms with Crippen molar-refractivity contribution in [1.29, 1.82) is 5.26 Å². The van der Waals surface area contributed by atoms with Gasteiger partial charge in [-0.3, -0.25) is 4.79 Å². The van der Waals surface area contributed by atoms with Gasteiger partial charge in [-0.1, -0.05) is 53.5 Å². The number of halogens is 2. The van der Waals surface area contributed by atoms with Crippen molar-refractivity contribution >= 4 is 40.9 Å². The van der Waals surface area contributed by atoms with Crippen LogP contribution < -0.4 is 10.1 Å². The molecular formula is C22H18Cl2N4O2. The van der Waals surface area contributed by atoms with Crippen molar-refractivity contribution < 1.29 is 9.53 Å². The van der Waals surface area contributed by atoms with E-state index in [1.54, 1.807) is 41.9 Å². The molecule has 1 aromatic heterocycles. The third-order valence-electron chi connectivity index (χ3n) is 4.40. The fraction of sp³-hybridized carbons (Fsp3) is 0.136. The number of para-hydroxylation sites is 2. The van der Waals surface area contributed by atoms with E-state index < -0.39 is 5.91 Å². The smallest absolute Gasteiger partial charge is 0.266 e. The molecule has 0 spiro atoms. The van der Waals surface area contributed by atoms with E-state index in [1.807, 2.05) is 24.3 Å². The van der Waals surface area contributed by atoms with Crippen molar-refractivity contribution in [2.75, 3.05) is 12.4 Å². The van der Waals surface area contributed by atoms with Crippen molar-refractivity contribution in [2.24, 2.45) is 0 Å². The Morgan fingerprint density at radius 2 is 1.93 bits per heavy atom. The molecule has 0 saturated heterocycles. The summed E-state index contributed by atoms with van der Waals surface area (Å²) in [6.07, 6.45) is 1.43. The van der Waals surface area contributed by atoms with Gasteiger partial charge in [-0.2, -0.15) is 10.4 Å². The van der Waals surface area contributed by atoms with E-state index in [0.29, 0.717) is 39.4 Å². The third-order valence-corrected chi connectivity index (χ3v) is 5.16. The van der Waals surface area contributed by atoms with Crippen LogP contribution in [0.15, 0.2) is 54.1 Å². The van der Waals surface area contributed by atoms with Gasteiger partial charge in [0.05, 0.1) is 25.0 Å². The molecule has 1 amide bonds. The summed E-state index contributed by atoms with van der Waals surface area (Å²) in [4.78, 5) is 12.6. The fourth-order valence-corrected chi connectivity index (χ4v) is 3.34. The zero-order valence-electron chi connectivity index (χ0n) is 16.3. The first kappa shape index (κ1) is 21.4. The predicted molar refractivity (Wildman–Crippen MR) is 118 cm³/mol. The first-order valence-electron chi connectivity index (χ1n) is 8.97. The molecule has 30 heavy (non-hydrogen) atoms. The highest BCUT2D eigenvalue weighted by Crippen LogP contribution is 2.27. The lowest BCUT2D eigenvalue weighted by molar-refractivity contribution is -0.112. The Morgan fingerprint density at radius 3 is 2.63 bits per heavy atom. The number of nitrogens with one attached hydrogen (secondary N) is 1. The first-order chi connectivity index (χ1) is 14.4. The van der Waals surface area contributed by atoms with Gasteiger partial charge in [-0.05, 0) is 36.8 Å². The normalized spacial score (nSPS) is 11.1. The van der Waals surface area contributed by atoms with Crippen LogP contribution in [0.5, 0.6) is 5.75 Å². The molecule has 0 bridgehead atoms. The summed E-state index contributed by atoms with van der Waals surface area (Å²) < 4.78 is 6.80. The quantitative estimate of drug-likeness (QED) is 0.426. The van der Waals surface area contributed by atoms with Crippen molar-refractivity contribution in [1.82, 2.24) is 9.78 Å². The second-order valence-corrected chi connectivity index (χ2v) is 7.13. The number of hydrogen-bond donors (Lipinski definition) is 1. The average Bonchev–Trinajstić information content (AvgIpc) is 3.00. The number of carbonyl (C=O) groups is 1. The molecular weight excluding hydrogens is 423 g/mol. The standard InChI is InChI=1S/C22H18Cl2N4O2/c1-14-17(21(24)28(27-14)13-15-7-3-4-8-18(15)23)11-16(12-25)22(29)26-19-9-5-6-10-20(19)30-2/h3-11H,13H2,1-2H3,(H,26,29)/b16-11+. The molecule has 0 aliphatic heterocycles. The van der Waals surface area contributed by atoms with Crippen LogP contribution in [0, 0.1) is 18.3 Å². The predicted octanol–water partition coefficient (Wildman–Crippen LogP) is 5.10. The van der Waals surface area contributed by atoms with Gasteiger partial charge in [0.15, 0.2) is 0 Å². The molecule has 0 unspecified atom stereocenters. The number of nitriles is 1. The molecule has 0 aliphatic rings. The molecule has 3 rings (SSSR count). The molecule has 0 saturated carbocycles.